The SMILES string of the molecule is COCCN(CCC(=N)N)c1nccc2ccccc12. The Morgan fingerprint density at radius 2 is 2.10 bits per heavy atom. The highest BCUT2D eigenvalue weighted by atomic mass is 16.5. The van der Waals surface area contributed by atoms with Gasteiger partial charge >= 0.3 is 0 Å². The summed E-state index contributed by atoms with van der Waals surface area (Å²) >= 11 is 0. The van der Waals surface area contributed by atoms with Crippen molar-refractivity contribution in [2.75, 3.05) is 31.7 Å². The van der Waals surface area contributed by atoms with Crippen molar-refractivity contribution >= 4 is 22.4 Å². The molecule has 1 aromatic heterocycles. The number of benzene rings is 1. The molecule has 0 saturated carbocycles. The molecule has 0 aliphatic heterocycles. The van der Waals surface area contributed by atoms with E-state index in [2.05, 4.69) is 22.0 Å². The summed E-state index contributed by atoms with van der Waals surface area (Å²) in [7, 11) is 1.68. The fourth-order valence-electron chi connectivity index (χ4n) is 2.14. The van der Waals surface area contributed by atoms with Crippen LogP contribution in [-0.4, -0.2) is 37.6 Å². The average Bonchev–Trinajstić information content (AvgIpc) is 2.47. The van der Waals surface area contributed by atoms with E-state index in [1.54, 1.807) is 7.11 Å². The van der Waals surface area contributed by atoms with E-state index in [0.717, 1.165) is 23.1 Å². The molecule has 3 N–H and O–H groups in total. The first-order valence-corrected chi connectivity index (χ1v) is 6.63. The van der Waals surface area contributed by atoms with E-state index in [1.165, 1.54) is 0 Å². The van der Waals surface area contributed by atoms with Gasteiger partial charge in [-0.2, -0.15) is 0 Å². The molecule has 0 unspecified atom stereocenters. The van der Waals surface area contributed by atoms with Gasteiger partial charge in [-0.1, -0.05) is 24.3 Å². The highest BCUT2D eigenvalue weighted by Gasteiger charge is 2.11. The molecule has 2 aromatic rings. The van der Waals surface area contributed by atoms with E-state index in [9.17, 15) is 0 Å². The Morgan fingerprint density at radius 3 is 2.85 bits per heavy atom. The Bertz CT molecular complexity index is 580. The first kappa shape index (κ1) is 14.3. The number of ether oxygens (including phenoxy) is 1. The number of nitrogens with two attached hydrogens (primary N) is 1. The maximum Gasteiger partial charge on any atom is 0.136 e. The minimum Gasteiger partial charge on any atom is -0.388 e. The van der Waals surface area contributed by atoms with E-state index in [4.69, 9.17) is 15.9 Å². The van der Waals surface area contributed by atoms with Crippen LogP contribution in [0.3, 0.4) is 0 Å². The predicted octanol–water partition coefficient (Wildman–Crippen LogP) is 2.01. The molecule has 0 aliphatic rings. The molecule has 20 heavy (non-hydrogen) atoms. The minimum atomic E-state index is 0.188. The number of pyridine rings is 1. The Kier molecular flexibility index (Phi) is 4.90. The zero-order valence-electron chi connectivity index (χ0n) is 11.7. The highest BCUT2D eigenvalue weighted by Crippen LogP contribution is 2.24. The molecule has 0 amide bonds. The Morgan fingerprint density at radius 1 is 1.30 bits per heavy atom. The zero-order chi connectivity index (χ0) is 14.4. The molecule has 1 heterocycles. The molecule has 2 rings (SSSR count). The summed E-state index contributed by atoms with van der Waals surface area (Å²) in [6.07, 6.45) is 2.33. The largest absolute Gasteiger partial charge is 0.388 e. The van der Waals surface area contributed by atoms with Gasteiger partial charge in [0.25, 0.3) is 0 Å². The predicted molar refractivity (Wildman–Crippen MR) is 82.4 cm³/mol. The maximum atomic E-state index is 7.39. The fraction of sp³-hybridized carbons (Fsp3) is 0.333. The van der Waals surface area contributed by atoms with Crippen LogP contribution < -0.4 is 10.6 Å². The maximum absolute atomic E-state index is 7.39. The second kappa shape index (κ2) is 6.86. The lowest BCUT2D eigenvalue weighted by molar-refractivity contribution is 0.205. The summed E-state index contributed by atoms with van der Waals surface area (Å²) in [6.45, 7) is 2.01. The normalized spacial score (nSPS) is 10.7. The number of nitrogens with one attached hydrogen (secondary N) is 1. The Hall–Kier alpha value is -2.14. The smallest absolute Gasteiger partial charge is 0.136 e. The van der Waals surface area contributed by atoms with Crippen LogP contribution in [0.1, 0.15) is 6.42 Å². The van der Waals surface area contributed by atoms with Crippen molar-refractivity contribution in [2.45, 2.75) is 6.42 Å². The molecular weight excluding hydrogens is 252 g/mol. The molecular formula is C15H20N4O. The van der Waals surface area contributed by atoms with Crippen LogP contribution in [0.5, 0.6) is 0 Å². The van der Waals surface area contributed by atoms with Crippen molar-refractivity contribution in [1.29, 1.82) is 5.41 Å². The van der Waals surface area contributed by atoms with Crippen LogP contribution in [0.4, 0.5) is 5.82 Å². The number of hydrogen-bond acceptors (Lipinski definition) is 4. The third-order valence-corrected chi connectivity index (χ3v) is 3.17. The van der Waals surface area contributed by atoms with Gasteiger partial charge in [-0.25, -0.2) is 4.98 Å². The lowest BCUT2D eigenvalue weighted by atomic mass is 10.1. The standard InChI is InChI=1S/C15H20N4O/c1-20-11-10-19(9-7-14(16)17)15-13-5-3-2-4-12(13)6-8-18-15/h2-6,8H,7,9-11H2,1H3,(H3,16,17). The lowest BCUT2D eigenvalue weighted by Gasteiger charge is -2.24. The summed E-state index contributed by atoms with van der Waals surface area (Å²) in [4.78, 5) is 6.62. The number of anilines is 1. The number of hydrogen-bond donors (Lipinski definition) is 2. The van der Waals surface area contributed by atoms with Crippen LogP contribution in [0.25, 0.3) is 10.8 Å². The lowest BCUT2D eigenvalue weighted by Crippen LogP contribution is -2.31. The summed E-state index contributed by atoms with van der Waals surface area (Å²) < 4.78 is 5.16. The van der Waals surface area contributed by atoms with Crippen molar-refractivity contribution in [3.8, 4) is 0 Å². The second-order valence-electron chi connectivity index (χ2n) is 4.61. The van der Waals surface area contributed by atoms with Gasteiger partial charge in [0.2, 0.25) is 0 Å². The van der Waals surface area contributed by atoms with Gasteiger partial charge in [0, 0.05) is 38.2 Å². The van der Waals surface area contributed by atoms with Gasteiger partial charge in [0.05, 0.1) is 12.4 Å². The molecule has 5 nitrogen and oxygen atoms in total. The minimum absolute atomic E-state index is 0.188. The van der Waals surface area contributed by atoms with E-state index >= 15 is 0 Å². The summed E-state index contributed by atoms with van der Waals surface area (Å²) in [5.74, 6) is 1.11. The van der Waals surface area contributed by atoms with Crippen molar-refractivity contribution < 1.29 is 4.74 Å². The van der Waals surface area contributed by atoms with Crippen molar-refractivity contribution in [2.24, 2.45) is 5.73 Å². The van der Waals surface area contributed by atoms with Crippen LogP contribution in [-0.2, 0) is 4.74 Å². The van der Waals surface area contributed by atoms with Crippen molar-refractivity contribution in [1.82, 2.24) is 4.98 Å². The van der Waals surface area contributed by atoms with Crippen LogP contribution >= 0.6 is 0 Å². The first-order valence-electron chi connectivity index (χ1n) is 6.63. The van der Waals surface area contributed by atoms with E-state index in [0.29, 0.717) is 19.6 Å². The van der Waals surface area contributed by atoms with E-state index in [-0.39, 0.29) is 5.84 Å². The Balaban J connectivity index is 2.31. The molecule has 5 heteroatoms. The third-order valence-electron chi connectivity index (χ3n) is 3.17. The molecule has 0 bridgehead atoms. The second-order valence-corrected chi connectivity index (χ2v) is 4.61. The van der Waals surface area contributed by atoms with Gasteiger partial charge < -0.3 is 15.4 Å². The van der Waals surface area contributed by atoms with E-state index in [1.807, 2.05) is 24.4 Å². The number of aromatic nitrogens is 1. The number of rotatable bonds is 7. The number of nitrogens with zero attached hydrogens (tertiary/aromatic N) is 2. The molecule has 0 atom stereocenters. The zero-order valence-corrected chi connectivity index (χ0v) is 11.7. The topological polar surface area (TPSA) is 75.2 Å². The molecule has 0 radical (unpaired) electrons. The van der Waals surface area contributed by atoms with Gasteiger partial charge in [-0.05, 0) is 11.5 Å². The highest BCUT2D eigenvalue weighted by molar-refractivity contribution is 5.92. The monoisotopic (exact) mass is 272 g/mol. The van der Waals surface area contributed by atoms with Crippen LogP contribution in [0.2, 0.25) is 0 Å². The van der Waals surface area contributed by atoms with Gasteiger partial charge in [-0.15, -0.1) is 0 Å². The van der Waals surface area contributed by atoms with Gasteiger partial charge in [0.1, 0.15) is 5.82 Å². The average molecular weight is 272 g/mol. The summed E-state index contributed by atoms with van der Waals surface area (Å²) in [6, 6.07) is 10.2. The van der Waals surface area contributed by atoms with Gasteiger partial charge in [0.15, 0.2) is 0 Å². The van der Waals surface area contributed by atoms with E-state index < -0.39 is 0 Å². The molecule has 0 fully saturated rings. The number of fused-ring (bicyclic) bond motifs is 1. The molecule has 0 spiro atoms. The molecule has 106 valence electrons. The van der Waals surface area contributed by atoms with Gasteiger partial charge in [-0.3, -0.25) is 5.41 Å². The fourth-order valence-corrected chi connectivity index (χ4v) is 2.14. The first-order chi connectivity index (χ1) is 9.72. The molecule has 1 aromatic carbocycles. The van der Waals surface area contributed by atoms with Crippen LogP contribution in [0, 0.1) is 5.41 Å². The summed E-state index contributed by atoms with van der Waals surface area (Å²) in [5, 5.41) is 9.65. The molecule has 0 aliphatic carbocycles. The van der Waals surface area contributed by atoms with Crippen LogP contribution in [0.15, 0.2) is 36.5 Å². The number of amidine groups is 1. The summed E-state index contributed by atoms with van der Waals surface area (Å²) in [5.41, 5.74) is 5.47. The van der Waals surface area contributed by atoms with Crippen molar-refractivity contribution in [3.63, 3.8) is 0 Å². The van der Waals surface area contributed by atoms with Crippen molar-refractivity contribution in [3.05, 3.63) is 36.5 Å². The number of methoxy groups -OCH3 is 1. The Labute approximate surface area is 118 Å². The third kappa shape index (κ3) is 3.45. The quantitative estimate of drug-likeness (QED) is 0.597. The molecule has 0 saturated heterocycles.